The summed E-state index contributed by atoms with van der Waals surface area (Å²) in [5.74, 6) is -1.66. The summed E-state index contributed by atoms with van der Waals surface area (Å²) in [5, 5.41) is 12.1. The van der Waals surface area contributed by atoms with Gasteiger partial charge in [-0.05, 0) is 18.2 Å². The third-order valence-corrected chi connectivity index (χ3v) is 4.43. The Kier molecular flexibility index (Phi) is 5.34. The lowest BCUT2D eigenvalue weighted by molar-refractivity contribution is -0.137. The third-order valence-electron chi connectivity index (χ3n) is 2.85. The lowest BCUT2D eigenvalue weighted by Gasteiger charge is -2.09. The molecule has 0 bridgehead atoms. The van der Waals surface area contributed by atoms with E-state index in [1.807, 2.05) is 0 Å². The van der Waals surface area contributed by atoms with Crippen LogP contribution in [-0.2, 0) is 22.7 Å². The third kappa shape index (κ3) is 5.41. The van der Waals surface area contributed by atoms with Crippen molar-refractivity contribution >= 4 is 32.4 Å². The second kappa shape index (κ2) is 6.98. The van der Waals surface area contributed by atoms with E-state index in [-0.39, 0.29) is 17.2 Å². The molecule has 0 fully saturated rings. The van der Waals surface area contributed by atoms with Crippen molar-refractivity contribution in [2.24, 2.45) is 0 Å². The van der Waals surface area contributed by atoms with Gasteiger partial charge < -0.3 is 5.11 Å². The zero-order chi connectivity index (χ0) is 18.8. The smallest absolute Gasteiger partial charge is 0.416 e. The van der Waals surface area contributed by atoms with E-state index in [2.05, 4.69) is 15.0 Å². The minimum absolute atomic E-state index is 0.0160. The standard InChI is InChI=1S/C13H12F3N3O4S2/c1-25(22,23)18-6-8-5-17-12(24-8)19-11(21)9-3-2-7(4-10(9)20)13(14,15)16/h2-5,18,20H,6H2,1H3,(H,17,19,21). The molecule has 3 N–H and O–H groups in total. The lowest BCUT2D eigenvalue weighted by Crippen LogP contribution is -2.20. The summed E-state index contributed by atoms with van der Waals surface area (Å²) in [6.07, 6.45) is -2.31. The molecular formula is C13H12F3N3O4S2. The molecule has 0 radical (unpaired) electrons. The van der Waals surface area contributed by atoms with Crippen LogP contribution in [0.2, 0.25) is 0 Å². The number of nitrogens with zero attached hydrogens (tertiary/aromatic N) is 1. The number of hydrogen-bond acceptors (Lipinski definition) is 6. The van der Waals surface area contributed by atoms with Crippen LogP contribution < -0.4 is 10.0 Å². The normalized spacial score (nSPS) is 12.2. The molecule has 2 aromatic rings. The van der Waals surface area contributed by atoms with E-state index in [4.69, 9.17) is 0 Å². The van der Waals surface area contributed by atoms with Gasteiger partial charge in [0.2, 0.25) is 10.0 Å². The second-order valence-electron chi connectivity index (χ2n) is 4.91. The van der Waals surface area contributed by atoms with Crippen molar-refractivity contribution in [1.29, 1.82) is 0 Å². The number of carbonyl (C=O) groups excluding carboxylic acids is 1. The van der Waals surface area contributed by atoms with Gasteiger partial charge in [-0.3, -0.25) is 10.1 Å². The van der Waals surface area contributed by atoms with Crippen LogP contribution in [0.15, 0.2) is 24.4 Å². The molecule has 0 saturated heterocycles. The SMILES string of the molecule is CS(=O)(=O)NCc1cnc(NC(=O)c2ccc(C(F)(F)F)cc2O)s1. The summed E-state index contributed by atoms with van der Waals surface area (Å²) in [7, 11) is -3.38. The molecule has 0 atom stereocenters. The first-order chi connectivity index (χ1) is 11.5. The van der Waals surface area contributed by atoms with Gasteiger partial charge in [0.1, 0.15) is 5.75 Å². The van der Waals surface area contributed by atoms with E-state index < -0.39 is 33.4 Å². The Morgan fingerprint density at radius 3 is 2.60 bits per heavy atom. The molecule has 136 valence electrons. The van der Waals surface area contributed by atoms with Crippen LogP contribution in [0.5, 0.6) is 5.75 Å². The molecule has 7 nitrogen and oxygen atoms in total. The molecule has 1 heterocycles. The maximum Gasteiger partial charge on any atom is 0.416 e. The average molecular weight is 395 g/mol. The first-order valence-corrected chi connectivity index (χ1v) is 9.27. The number of sulfonamides is 1. The molecule has 0 aliphatic carbocycles. The van der Waals surface area contributed by atoms with Crippen LogP contribution in [0, 0.1) is 0 Å². The van der Waals surface area contributed by atoms with Crippen molar-refractivity contribution in [2.45, 2.75) is 12.7 Å². The zero-order valence-corrected chi connectivity index (χ0v) is 14.2. The first-order valence-electron chi connectivity index (χ1n) is 6.56. The molecule has 1 aromatic carbocycles. The number of phenols is 1. The highest BCUT2D eigenvalue weighted by molar-refractivity contribution is 7.88. The number of hydrogen-bond donors (Lipinski definition) is 3. The van der Waals surface area contributed by atoms with Crippen molar-refractivity contribution < 1.29 is 31.5 Å². The minimum atomic E-state index is -4.64. The van der Waals surface area contributed by atoms with E-state index in [1.165, 1.54) is 6.20 Å². The summed E-state index contributed by atoms with van der Waals surface area (Å²) in [4.78, 5) is 16.4. The number of benzene rings is 1. The summed E-state index contributed by atoms with van der Waals surface area (Å²) in [6, 6.07) is 1.99. The Labute approximate surface area is 144 Å². The van der Waals surface area contributed by atoms with Gasteiger partial charge in [-0.25, -0.2) is 18.1 Å². The van der Waals surface area contributed by atoms with E-state index in [0.29, 0.717) is 17.0 Å². The fraction of sp³-hybridized carbons (Fsp3) is 0.231. The molecule has 1 aromatic heterocycles. The van der Waals surface area contributed by atoms with Crippen LogP contribution in [0.25, 0.3) is 0 Å². The summed E-state index contributed by atoms with van der Waals surface area (Å²) < 4.78 is 61.9. The van der Waals surface area contributed by atoms with Gasteiger partial charge in [0.05, 0.1) is 17.4 Å². The molecular weight excluding hydrogens is 383 g/mol. The van der Waals surface area contributed by atoms with Crippen molar-refractivity contribution in [3.8, 4) is 5.75 Å². The largest absolute Gasteiger partial charge is 0.507 e. The molecule has 1 amide bonds. The highest BCUT2D eigenvalue weighted by Crippen LogP contribution is 2.33. The second-order valence-corrected chi connectivity index (χ2v) is 7.86. The van der Waals surface area contributed by atoms with Crippen LogP contribution in [0.1, 0.15) is 20.8 Å². The molecule has 2 rings (SSSR count). The lowest BCUT2D eigenvalue weighted by atomic mass is 10.1. The zero-order valence-electron chi connectivity index (χ0n) is 12.6. The maximum atomic E-state index is 12.5. The first kappa shape index (κ1) is 19.1. The van der Waals surface area contributed by atoms with E-state index in [1.54, 1.807) is 0 Å². The Bertz CT molecular complexity index is 894. The highest BCUT2D eigenvalue weighted by atomic mass is 32.2. The Morgan fingerprint density at radius 1 is 1.36 bits per heavy atom. The highest BCUT2D eigenvalue weighted by Gasteiger charge is 2.31. The molecule has 0 saturated carbocycles. The maximum absolute atomic E-state index is 12.5. The van der Waals surface area contributed by atoms with Gasteiger partial charge in [-0.15, -0.1) is 11.3 Å². The molecule has 0 aliphatic heterocycles. The number of amides is 1. The number of phenolic OH excluding ortho intramolecular Hbond substituents is 1. The van der Waals surface area contributed by atoms with E-state index >= 15 is 0 Å². The van der Waals surface area contributed by atoms with Crippen LogP contribution in [0.4, 0.5) is 18.3 Å². The van der Waals surface area contributed by atoms with Crippen LogP contribution >= 0.6 is 11.3 Å². The van der Waals surface area contributed by atoms with E-state index in [9.17, 15) is 31.5 Å². The van der Waals surface area contributed by atoms with Gasteiger partial charge in [0.25, 0.3) is 5.91 Å². The van der Waals surface area contributed by atoms with Crippen molar-refractivity contribution in [2.75, 3.05) is 11.6 Å². The molecule has 0 unspecified atom stereocenters. The number of halogens is 3. The van der Waals surface area contributed by atoms with Crippen molar-refractivity contribution in [3.63, 3.8) is 0 Å². The summed E-state index contributed by atoms with van der Waals surface area (Å²) in [5.41, 5.74) is -1.43. The summed E-state index contributed by atoms with van der Waals surface area (Å²) >= 11 is 0.978. The van der Waals surface area contributed by atoms with Crippen molar-refractivity contribution in [1.82, 2.24) is 9.71 Å². The Balaban J connectivity index is 2.09. The van der Waals surface area contributed by atoms with Crippen molar-refractivity contribution in [3.05, 3.63) is 40.4 Å². The number of rotatable bonds is 5. The topological polar surface area (TPSA) is 108 Å². The minimum Gasteiger partial charge on any atom is -0.507 e. The molecule has 0 aliphatic rings. The summed E-state index contributed by atoms with van der Waals surface area (Å²) in [6.45, 7) is -0.0160. The van der Waals surface area contributed by atoms with Gasteiger partial charge in [0.15, 0.2) is 5.13 Å². The quantitative estimate of drug-likeness (QED) is 0.719. The van der Waals surface area contributed by atoms with Gasteiger partial charge in [-0.1, -0.05) is 0 Å². The van der Waals surface area contributed by atoms with Crippen LogP contribution in [0.3, 0.4) is 0 Å². The Morgan fingerprint density at radius 2 is 2.04 bits per heavy atom. The molecule has 12 heteroatoms. The van der Waals surface area contributed by atoms with E-state index in [0.717, 1.165) is 23.7 Å². The molecule has 25 heavy (non-hydrogen) atoms. The number of thiazole rings is 1. The fourth-order valence-electron chi connectivity index (χ4n) is 1.71. The predicted molar refractivity (Wildman–Crippen MR) is 84.9 cm³/mol. The Hall–Kier alpha value is -2.18. The van der Waals surface area contributed by atoms with Crippen LogP contribution in [-0.4, -0.2) is 30.7 Å². The number of aromatic hydroxyl groups is 1. The van der Waals surface area contributed by atoms with Gasteiger partial charge >= 0.3 is 6.18 Å². The predicted octanol–water partition coefficient (Wildman–Crippen LogP) is 2.17. The monoisotopic (exact) mass is 395 g/mol. The fourth-order valence-corrected chi connectivity index (χ4v) is 2.97. The number of alkyl halides is 3. The molecule has 0 spiro atoms. The number of aromatic nitrogens is 1. The number of carbonyl (C=O) groups is 1. The number of nitrogens with one attached hydrogen (secondary N) is 2. The van der Waals surface area contributed by atoms with Gasteiger partial charge in [-0.2, -0.15) is 13.2 Å². The average Bonchev–Trinajstić information content (AvgIpc) is 2.90. The van der Waals surface area contributed by atoms with Gasteiger partial charge in [0, 0.05) is 17.6 Å². The number of anilines is 1.